The number of aryl methyl sites for hydroxylation is 2. The molecule has 2 aromatic heterocycles. The lowest BCUT2D eigenvalue weighted by atomic mass is 10.1. The molecule has 7 heteroatoms. The van der Waals surface area contributed by atoms with E-state index < -0.39 is 12.0 Å². The van der Waals surface area contributed by atoms with Crippen LogP contribution < -0.4 is 4.73 Å². The van der Waals surface area contributed by atoms with E-state index in [4.69, 9.17) is 0 Å². The molecule has 0 bridgehead atoms. The van der Waals surface area contributed by atoms with Gasteiger partial charge < -0.3 is 0 Å². The van der Waals surface area contributed by atoms with Gasteiger partial charge in [0.1, 0.15) is 0 Å². The van der Waals surface area contributed by atoms with Crippen molar-refractivity contribution in [1.82, 2.24) is 9.97 Å². The maximum Gasteiger partial charge on any atom is 0.451 e. The highest BCUT2D eigenvalue weighted by Crippen LogP contribution is 2.27. The number of halogens is 3. The van der Waals surface area contributed by atoms with E-state index in [1.165, 1.54) is 0 Å². The van der Waals surface area contributed by atoms with Crippen LogP contribution in [0.15, 0.2) is 24.5 Å². The predicted octanol–water partition coefficient (Wildman–Crippen LogP) is 4.36. The van der Waals surface area contributed by atoms with E-state index in [1.807, 2.05) is 27.7 Å². The van der Waals surface area contributed by atoms with Crippen molar-refractivity contribution in [2.75, 3.05) is 0 Å². The van der Waals surface area contributed by atoms with Crippen molar-refractivity contribution in [3.8, 4) is 11.1 Å². The van der Waals surface area contributed by atoms with Crippen LogP contribution in [0.3, 0.4) is 0 Å². The molecule has 0 aliphatic carbocycles. The quantitative estimate of drug-likeness (QED) is 0.624. The average molecular weight is 330 g/mol. The summed E-state index contributed by atoms with van der Waals surface area (Å²) >= 11 is 0. The smallest absolute Gasteiger partial charge is 0.285 e. The summed E-state index contributed by atoms with van der Waals surface area (Å²) in [5.41, 5.74) is 2.23. The Hall–Kier alpha value is -2.18. The number of hydrogen-bond donors (Lipinski definition) is 1. The van der Waals surface area contributed by atoms with Gasteiger partial charge in [-0.3, -0.25) is 5.21 Å². The van der Waals surface area contributed by atoms with Gasteiger partial charge >= 0.3 is 6.18 Å². The molecule has 128 valence electrons. The molecule has 0 fully saturated rings. The van der Waals surface area contributed by atoms with Crippen molar-refractivity contribution < 1.29 is 23.1 Å². The van der Waals surface area contributed by atoms with Crippen molar-refractivity contribution in [3.05, 3.63) is 41.7 Å². The number of hydrogen-bond acceptors (Lipinski definition) is 3. The van der Waals surface area contributed by atoms with Gasteiger partial charge in [0.15, 0.2) is 0 Å². The highest BCUT2D eigenvalue weighted by atomic mass is 19.4. The summed E-state index contributed by atoms with van der Waals surface area (Å²) in [4.78, 5) is 6.61. The van der Waals surface area contributed by atoms with Gasteiger partial charge in [0.2, 0.25) is 17.2 Å². The van der Waals surface area contributed by atoms with Gasteiger partial charge in [-0.2, -0.15) is 13.2 Å². The number of alkyl halides is 3. The molecule has 1 N–H and O–H groups in total. The van der Waals surface area contributed by atoms with Gasteiger partial charge in [-0.1, -0.05) is 27.7 Å². The highest BCUT2D eigenvalue weighted by Gasteiger charge is 2.34. The molecule has 0 radical (unpaired) electrons. The minimum absolute atomic E-state index is 0.458. The van der Waals surface area contributed by atoms with Crippen LogP contribution in [-0.4, -0.2) is 15.2 Å². The zero-order valence-electron chi connectivity index (χ0n) is 14.2. The second-order valence-electron chi connectivity index (χ2n) is 4.13. The van der Waals surface area contributed by atoms with Crippen LogP contribution in [0, 0.1) is 13.8 Å². The lowest BCUT2D eigenvalue weighted by Crippen LogP contribution is -2.36. The minimum atomic E-state index is -4.55. The SMILES string of the molecule is CC.CC.Cc1cc(-c2cnc(C(F)(F)F)nc2)cc(C)[n+]1O. The lowest BCUT2D eigenvalue weighted by Gasteiger charge is -2.06. The first kappa shape index (κ1) is 20.8. The molecule has 0 spiro atoms. The van der Waals surface area contributed by atoms with E-state index in [-0.39, 0.29) is 0 Å². The summed E-state index contributed by atoms with van der Waals surface area (Å²) in [5.74, 6) is -1.17. The second kappa shape index (κ2) is 9.07. The zero-order valence-corrected chi connectivity index (χ0v) is 14.2. The Morgan fingerprint density at radius 1 is 0.870 bits per heavy atom. The minimum Gasteiger partial charge on any atom is -0.285 e. The largest absolute Gasteiger partial charge is 0.451 e. The van der Waals surface area contributed by atoms with Crippen LogP contribution >= 0.6 is 0 Å². The molecule has 0 aliphatic heterocycles. The molecule has 2 aromatic rings. The third kappa shape index (κ3) is 5.50. The van der Waals surface area contributed by atoms with Gasteiger partial charge in [0.05, 0.1) is 0 Å². The van der Waals surface area contributed by atoms with Crippen LogP contribution in [0.2, 0.25) is 0 Å². The molecule has 0 saturated heterocycles. The molecule has 4 nitrogen and oxygen atoms in total. The van der Waals surface area contributed by atoms with Crippen LogP contribution in [0.1, 0.15) is 44.9 Å². The van der Waals surface area contributed by atoms with Crippen molar-refractivity contribution in [2.24, 2.45) is 0 Å². The zero-order chi connectivity index (χ0) is 18.2. The van der Waals surface area contributed by atoms with Crippen LogP contribution in [0.5, 0.6) is 0 Å². The fourth-order valence-electron chi connectivity index (χ4n) is 1.68. The Labute approximate surface area is 134 Å². The molecule has 2 heterocycles. The van der Waals surface area contributed by atoms with E-state index in [0.29, 0.717) is 22.5 Å². The molecule has 0 unspecified atom stereocenters. The first-order chi connectivity index (χ1) is 10.8. The molecular formula is C16H23F3N3O+. The lowest BCUT2D eigenvalue weighted by molar-refractivity contribution is -0.912. The summed E-state index contributed by atoms with van der Waals surface area (Å²) in [6, 6.07) is 3.28. The van der Waals surface area contributed by atoms with Gasteiger partial charge in [-0.25, -0.2) is 9.97 Å². The summed E-state index contributed by atoms with van der Waals surface area (Å²) in [7, 11) is 0. The van der Waals surface area contributed by atoms with Crippen molar-refractivity contribution in [3.63, 3.8) is 0 Å². The van der Waals surface area contributed by atoms with Gasteiger partial charge in [-0.05, 0) is 5.56 Å². The Balaban J connectivity index is 0.00000112. The molecule has 0 saturated carbocycles. The molecule has 0 amide bonds. The standard InChI is InChI=1S/C12H11F3N3O.2C2H6/c1-7-3-9(4-8(2)18(7)19)10-5-16-11(17-6-10)12(13,14)15;2*1-2/h3-6,19H,1-2H3;2*1-2H3/q+1;;. The van der Waals surface area contributed by atoms with E-state index in [9.17, 15) is 18.4 Å². The summed E-state index contributed by atoms with van der Waals surface area (Å²) < 4.78 is 38.0. The Morgan fingerprint density at radius 2 is 1.26 bits per heavy atom. The predicted molar refractivity (Wildman–Crippen MR) is 82.0 cm³/mol. The summed E-state index contributed by atoms with van der Waals surface area (Å²) in [5, 5.41) is 9.57. The number of aromatic nitrogens is 3. The third-order valence-corrected chi connectivity index (χ3v) is 2.64. The van der Waals surface area contributed by atoms with Gasteiger partial charge in [0.25, 0.3) is 0 Å². The average Bonchev–Trinajstić information content (AvgIpc) is 2.55. The maximum absolute atomic E-state index is 12.3. The Kier molecular flexibility index (Phi) is 8.21. The van der Waals surface area contributed by atoms with E-state index in [1.54, 1.807) is 26.0 Å². The van der Waals surface area contributed by atoms with Crippen LogP contribution in [-0.2, 0) is 6.18 Å². The molecule has 0 aromatic carbocycles. The molecular weight excluding hydrogens is 307 g/mol. The van der Waals surface area contributed by atoms with Crippen LogP contribution in [0.4, 0.5) is 13.2 Å². The summed E-state index contributed by atoms with van der Waals surface area (Å²) in [6.45, 7) is 11.4. The molecule has 0 aliphatic rings. The van der Waals surface area contributed by atoms with Gasteiger partial charge in [0, 0.05) is 48.7 Å². The second-order valence-corrected chi connectivity index (χ2v) is 4.13. The Bertz CT molecular complexity index is 588. The fraction of sp³-hybridized carbons (Fsp3) is 0.438. The highest BCUT2D eigenvalue weighted by molar-refractivity contribution is 5.61. The van der Waals surface area contributed by atoms with Gasteiger partial charge in [-0.15, -0.1) is 0 Å². The molecule has 2 rings (SSSR count). The monoisotopic (exact) mass is 330 g/mol. The number of pyridine rings is 1. The molecule has 23 heavy (non-hydrogen) atoms. The van der Waals surface area contributed by atoms with Crippen LogP contribution in [0.25, 0.3) is 11.1 Å². The van der Waals surface area contributed by atoms with Crippen molar-refractivity contribution >= 4 is 0 Å². The molecule has 0 atom stereocenters. The fourth-order valence-corrected chi connectivity index (χ4v) is 1.68. The normalized spacial score (nSPS) is 10.1. The van der Waals surface area contributed by atoms with E-state index >= 15 is 0 Å². The number of nitrogens with zero attached hydrogens (tertiary/aromatic N) is 3. The third-order valence-electron chi connectivity index (χ3n) is 2.64. The van der Waals surface area contributed by atoms with Crippen molar-refractivity contribution in [2.45, 2.75) is 47.7 Å². The van der Waals surface area contributed by atoms with E-state index in [0.717, 1.165) is 17.1 Å². The Morgan fingerprint density at radius 3 is 1.61 bits per heavy atom. The van der Waals surface area contributed by atoms with E-state index in [2.05, 4.69) is 9.97 Å². The topological polar surface area (TPSA) is 49.9 Å². The maximum atomic E-state index is 12.3. The number of rotatable bonds is 1. The van der Waals surface area contributed by atoms with Crippen molar-refractivity contribution in [1.29, 1.82) is 0 Å². The first-order valence-corrected chi connectivity index (χ1v) is 7.41. The summed E-state index contributed by atoms with van der Waals surface area (Å²) in [6.07, 6.45) is -2.31. The first-order valence-electron chi connectivity index (χ1n) is 7.41.